The van der Waals surface area contributed by atoms with Crippen molar-refractivity contribution in [1.82, 2.24) is 5.32 Å². The first-order valence-electron chi connectivity index (χ1n) is 5.62. The molecule has 0 heterocycles. The number of ether oxygens (including phenoxy) is 1. The Kier molecular flexibility index (Phi) is 5.47. The van der Waals surface area contributed by atoms with E-state index in [1.54, 1.807) is 0 Å². The maximum absolute atomic E-state index is 13.0. The highest BCUT2D eigenvalue weighted by Gasteiger charge is 2.62. The first-order chi connectivity index (χ1) is 9.61. The molecule has 1 N–H and O–H groups in total. The summed E-state index contributed by atoms with van der Waals surface area (Å²) in [5.41, 5.74) is -0.180. The van der Waals surface area contributed by atoms with Crippen molar-refractivity contribution in [3.63, 3.8) is 0 Å². The standard InChI is InChI=1S/C12H10Cl2F3NO3/c1-2-21-10(20)11(14,12(15,16)17)18-9(19)7-4-3-5-8(13)6-7/h3-6H,2H2,1H3,(H,18,19). The number of alkyl halides is 4. The molecule has 116 valence electrons. The zero-order chi connectivity index (χ0) is 16.3. The molecule has 1 atom stereocenters. The van der Waals surface area contributed by atoms with Gasteiger partial charge in [0.25, 0.3) is 5.91 Å². The second-order valence-electron chi connectivity index (χ2n) is 3.84. The van der Waals surface area contributed by atoms with Crippen LogP contribution >= 0.6 is 23.2 Å². The number of rotatable bonds is 4. The van der Waals surface area contributed by atoms with Crippen molar-refractivity contribution in [3.05, 3.63) is 34.9 Å². The van der Waals surface area contributed by atoms with Crippen molar-refractivity contribution in [1.29, 1.82) is 0 Å². The lowest BCUT2D eigenvalue weighted by Gasteiger charge is -2.28. The van der Waals surface area contributed by atoms with Crippen LogP contribution in [0.4, 0.5) is 13.2 Å². The number of carbonyl (C=O) groups is 2. The number of carbonyl (C=O) groups excluding carboxylic acids is 2. The first-order valence-corrected chi connectivity index (χ1v) is 6.38. The molecule has 0 aliphatic rings. The fourth-order valence-corrected chi connectivity index (χ4v) is 1.66. The highest BCUT2D eigenvalue weighted by molar-refractivity contribution is 6.35. The molecule has 0 saturated carbocycles. The molecule has 21 heavy (non-hydrogen) atoms. The molecule has 9 heteroatoms. The maximum atomic E-state index is 13.0. The molecule has 0 aliphatic carbocycles. The summed E-state index contributed by atoms with van der Waals surface area (Å²) in [4.78, 5) is 19.6. The molecule has 0 radical (unpaired) electrons. The minimum absolute atomic E-state index is 0.144. The number of hydrogen-bond acceptors (Lipinski definition) is 3. The van der Waals surface area contributed by atoms with Crippen LogP contribution in [0.3, 0.4) is 0 Å². The summed E-state index contributed by atoms with van der Waals surface area (Å²) in [6.07, 6.45) is -5.24. The Morgan fingerprint density at radius 2 is 1.95 bits per heavy atom. The Balaban J connectivity index is 3.08. The second kappa shape index (κ2) is 6.53. The molecular weight excluding hydrogens is 334 g/mol. The molecule has 1 amide bonds. The van der Waals surface area contributed by atoms with Crippen molar-refractivity contribution in [2.45, 2.75) is 18.1 Å². The number of halogens is 5. The minimum atomic E-state index is -5.24. The Labute approximate surface area is 128 Å². The average molecular weight is 344 g/mol. The van der Waals surface area contributed by atoms with Crippen LogP contribution in [0.1, 0.15) is 17.3 Å². The van der Waals surface area contributed by atoms with Crippen LogP contribution in [0.5, 0.6) is 0 Å². The van der Waals surface area contributed by atoms with Crippen molar-refractivity contribution >= 4 is 35.1 Å². The maximum Gasteiger partial charge on any atom is 0.437 e. The first kappa shape index (κ1) is 17.6. The molecule has 0 bridgehead atoms. The van der Waals surface area contributed by atoms with E-state index in [9.17, 15) is 22.8 Å². The van der Waals surface area contributed by atoms with Gasteiger partial charge in [0.2, 0.25) is 0 Å². The van der Waals surface area contributed by atoms with Crippen LogP contribution in [0.15, 0.2) is 24.3 Å². The van der Waals surface area contributed by atoms with Gasteiger partial charge in [-0.15, -0.1) is 0 Å². The summed E-state index contributed by atoms with van der Waals surface area (Å²) in [5.74, 6) is -3.02. The van der Waals surface area contributed by atoms with Crippen molar-refractivity contribution in [2.24, 2.45) is 0 Å². The third-order valence-electron chi connectivity index (χ3n) is 2.32. The Bertz CT molecular complexity index is 551. The van der Waals surface area contributed by atoms with E-state index in [0.29, 0.717) is 0 Å². The molecule has 0 fully saturated rings. The smallest absolute Gasteiger partial charge is 0.437 e. The zero-order valence-corrected chi connectivity index (χ0v) is 12.1. The number of esters is 1. The fraction of sp³-hybridized carbons (Fsp3) is 0.333. The quantitative estimate of drug-likeness (QED) is 0.519. The molecule has 1 aromatic carbocycles. The van der Waals surface area contributed by atoms with Crippen LogP contribution in [-0.4, -0.2) is 29.7 Å². The Morgan fingerprint density at radius 3 is 2.43 bits per heavy atom. The van der Waals surface area contributed by atoms with E-state index in [-0.39, 0.29) is 17.2 Å². The summed E-state index contributed by atoms with van der Waals surface area (Å²) >= 11 is 10.9. The molecule has 0 aliphatic heterocycles. The predicted octanol–water partition coefficient (Wildman–Crippen LogP) is 3.13. The third kappa shape index (κ3) is 4.01. The lowest BCUT2D eigenvalue weighted by Crippen LogP contribution is -2.60. The van der Waals surface area contributed by atoms with Gasteiger partial charge in [0, 0.05) is 10.6 Å². The molecule has 1 unspecified atom stereocenters. The monoisotopic (exact) mass is 343 g/mol. The third-order valence-corrected chi connectivity index (χ3v) is 3.02. The van der Waals surface area contributed by atoms with Gasteiger partial charge in [0.15, 0.2) is 0 Å². The van der Waals surface area contributed by atoms with Gasteiger partial charge in [-0.3, -0.25) is 4.79 Å². The number of benzene rings is 1. The predicted molar refractivity (Wildman–Crippen MR) is 70.2 cm³/mol. The van der Waals surface area contributed by atoms with E-state index in [2.05, 4.69) is 4.74 Å². The van der Waals surface area contributed by atoms with E-state index in [1.165, 1.54) is 30.4 Å². The van der Waals surface area contributed by atoms with E-state index in [4.69, 9.17) is 23.2 Å². The summed E-state index contributed by atoms with van der Waals surface area (Å²) < 4.78 is 43.1. The average Bonchev–Trinajstić information content (AvgIpc) is 2.37. The van der Waals surface area contributed by atoms with Gasteiger partial charge >= 0.3 is 17.1 Å². The molecular formula is C12H10Cl2F3NO3. The normalized spacial score (nSPS) is 14.2. The topological polar surface area (TPSA) is 55.4 Å². The summed E-state index contributed by atoms with van der Waals surface area (Å²) in [6.45, 7) is 0.987. The lowest BCUT2D eigenvalue weighted by atomic mass is 10.2. The molecule has 1 aromatic rings. The lowest BCUT2D eigenvalue weighted by molar-refractivity contribution is -0.192. The molecule has 1 rings (SSSR count). The van der Waals surface area contributed by atoms with Crippen LogP contribution in [0, 0.1) is 0 Å². The zero-order valence-electron chi connectivity index (χ0n) is 10.6. The van der Waals surface area contributed by atoms with Crippen molar-refractivity contribution < 1.29 is 27.5 Å². The van der Waals surface area contributed by atoms with Gasteiger partial charge in [-0.25, -0.2) is 4.79 Å². The minimum Gasteiger partial charge on any atom is -0.463 e. The highest BCUT2D eigenvalue weighted by atomic mass is 35.5. The SMILES string of the molecule is CCOC(=O)C(Cl)(NC(=O)c1cccc(Cl)c1)C(F)(F)F. The molecule has 4 nitrogen and oxygen atoms in total. The fourth-order valence-electron chi connectivity index (χ4n) is 1.33. The Hall–Kier alpha value is -1.47. The van der Waals surface area contributed by atoms with Gasteiger partial charge in [0.05, 0.1) is 6.61 Å². The summed E-state index contributed by atoms with van der Waals surface area (Å²) in [7, 11) is 0. The Morgan fingerprint density at radius 1 is 1.33 bits per heavy atom. The van der Waals surface area contributed by atoms with Gasteiger partial charge in [-0.2, -0.15) is 13.2 Å². The van der Waals surface area contributed by atoms with Crippen molar-refractivity contribution in [2.75, 3.05) is 6.61 Å². The van der Waals surface area contributed by atoms with E-state index >= 15 is 0 Å². The van der Waals surface area contributed by atoms with E-state index < -0.39 is 23.1 Å². The molecule has 0 saturated heterocycles. The molecule has 0 spiro atoms. The van der Waals surface area contributed by atoms with Gasteiger partial charge in [0.1, 0.15) is 0 Å². The molecule has 0 aromatic heterocycles. The second-order valence-corrected chi connectivity index (χ2v) is 4.84. The number of hydrogen-bond donors (Lipinski definition) is 1. The van der Waals surface area contributed by atoms with Crippen LogP contribution in [0.25, 0.3) is 0 Å². The number of nitrogens with one attached hydrogen (secondary N) is 1. The van der Waals surface area contributed by atoms with E-state index in [0.717, 1.165) is 6.07 Å². The summed E-state index contributed by atoms with van der Waals surface area (Å²) in [5, 5.41) is 1.57. The van der Waals surface area contributed by atoms with Crippen LogP contribution in [0.2, 0.25) is 5.02 Å². The number of amides is 1. The highest BCUT2D eigenvalue weighted by Crippen LogP contribution is 2.35. The van der Waals surface area contributed by atoms with Crippen molar-refractivity contribution in [3.8, 4) is 0 Å². The van der Waals surface area contributed by atoms with E-state index in [1.807, 2.05) is 0 Å². The summed E-state index contributed by atoms with van der Waals surface area (Å²) in [6, 6.07) is 5.16. The van der Waals surface area contributed by atoms with Crippen LogP contribution in [-0.2, 0) is 9.53 Å². The largest absolute Gasteiger partial charge is 0.463 e. The van der Waals surface area contributed by atoms with Gasteiger partial charge in [-0.1, -0.05) is 29.3 Å². The van der Waals surface area contributed by atoms with Gasteiger partial charge in [-0.05, 0) is 25.1 Å². The van der Waals surface area contributed by atoms with Gasteiger partial charge < -0.3 is 10.1 Å². The van der Waals surface area contributed by atoms with Crippen LogP contribution < -0.4 is 5.32 Å².